The van der Waals surface area contributed by atoms with E-state index in [1.807, 2.05) is 0 Å². The third-order valence-electron chi connectivity index (χ3n) is 1.81. The van der Waals surface area contributed by atoms with Crippen LogP contribution in [0.4, 0.5) is 0 Å². The fraction of sp³-hybridized carbons (Fsp3) is 0.200. The van der Waals surface area contributed by atoms with Gasteiger partial charge in [-0.3, -0.25) is 4.79 Å². The number of carbonyl (C=O) groups is 2. The van der Waals surface area contributed by atoms with E-state index in [1.54, 1.807) is 30.3 Å². The molecule has 5 heteroatoms. The lowest BCUT2D eigenvalue weighted by Crippen LogP contribution is -2.47. The zero-order chi connectivity index (χ0) is 11.5. The molecule has 0 aliphatic carbocycles. The number of benzene rings is 1. The third-order valence-corrected chi connectivity index (χ3v) is 2.11. The molecule has 0 saturated carbocycles. The molecule has 0 spiro atoms. The molecule has 1 atom stereocenters. The van der Waals surface area contributed by atoms with Gasteiger partial charge in [0.1, 0.15) is 0 Å². The van der Waals surface area contributed by atoms with Gasteiger partial charge in [-0.15, -0.1) is 12.6 Å². The van der Waals surface area contributed by atoms with Crippen LogP contribution in [0.5, 0.6) is 0 Å². The normalized spacial score (nSPS) is 14.0. The van der Waals surface area contributed by atoms with Gasteiger partial charge in [-0.05, 0) is 19.1 Å². The molecule has 15 heavy (non-hydrogen) atoms. The molecule has 1 aromatic rings. The summed E-state index contributed by atoms with van der Waals surface area (Å²) in [5, 5.41) is 11.0. The number of aliphatic carboxylic acids is 1. The van der Waals surface area contributed by atoms with Crippen LogP contribution >= 0.6 is 12.6 Å². The van der Waals surface area contributed by atoms with E-state index in [0.29, 0.717) is 5.56 Å². The Labute approximate surface area is 92.7 Å². The van der Waals surface area contributed by atoms with E-state index >= 15 is 0 Å². The Hall–Kier alpha value is -1.49. The van der Waals surface area contributed by atoms with Crippen molar-refractivity contribution in [2.45, 2.75) is 11.8 Å². The second-order valence-corrected chi connectivity index (χ2v) is 4.09. The lowest BCUT2D eigenvalue weighted by atomic mass is 10.2. The summed E-state index contributed by atoms with van der Waals surface area (Å²) in [6.07, 6.45) is 0. The van der Waals surface area contributed by atoms with Crippen molar-refractivity contribution in [3.05, 3.63) is 35.9 Å². The van der Waals surface area contributed by atoms with Crippen molar-refractivity contribution >= 4 is 24.5 Å². The van der Waals surface area contributed by atoms with E-state index in [-0.39, 0.29) is 0 Å². The first-order valence-corrected chi connectivity index (χ1v) is 4.71. The van der Waals surface area contributed by atoms with E-state index in [9.17, 15) is 9.59 Å². The number of amides is 1. The first kappa shape index (κ1) is 11.6. The highest BCUT2D eigenvalue weighted by Gasteiger charge is 2.30. The molecule has 0 aliphatic heterocycles. The lowest BCUT2D eigenvalue weighted by molar-refractivity contribution is -0.140. The molecule has 0 saturated heterocycles. The van der Waals surface area contributed by atoms with Crippen molar-refractivity contribution in [1.82, 2.24) is 5.32 Å². The highest BCUT2D eigenvalue weighted by atomic mass is 32.1. The molecule has 0 unspecified atom stereocenters. The van der Waals surface area contributed by atoms with Crippen LogP contribution in [0.2, 0.25) is 0 Å². The lowest BCUT2D eigenvalue weighted by Gasteiger charge is -2.19. The van der Waals surface area contributed by atoms with E-state index < -0.39 is 16.7 Å². The molecule has 0 aromatic heterocycles. The molecule has 1 aromatic carbocycles. The van der Waals surface area contributed by atoms with Gasteiger partial charge in [0.25, 0.3) is 5.91 Å². The Kier molecular flexibility index (Phi) is 3.36. The van der Waals surface area contributed by atoms with Gasteiger partial charge in [0.2, 0.25) is 0 Å². The smallest absolute Gasteiger partial charge is 0.339 e. The average Bonchev–Trinajstić information content (AvgIpc) is 2.18. The van der Waals surface area contributed by atoms with Crippen molar-refractivity contribution in [2.75, 3.05) is 0 Å². The van der Waals surface area contributed by atoms with Gasteiger partial charge in [0.05, 0.1) is 0 Å². The SMILES string of the molecule is C[C@](S)(NC(=O)c1ccccc1)C(=O)O. The molecule has 80 valence electrons. The summed E-state index contributed by atoms with van der Waals surface area (Å²) in [4.78, 5) is 20.7. The first-order chi connectivity index (χ1) is 6.93. The number of nitrogens with one attached hydrogen (secondary N) is 1. The molecule has 0 aliphatic rings. The van der Waals surface area contributed by atoms with Crippen molar-refractivity contribution < 1.29 is 14.7 Å². The fourth-order valence-electron chi connectivity index (χ4n) is 0.936. The van der Waals surface area contributed by atoms with Crippen molar-refractivity contribution in [3.63, 3.8) is 0 Å². The molecule has 4 nitrogen and oxygen atoms in total. The Morgan fingerprint density at radius 3 is 2.33 bits per heavy atom. The summed E-state index contributed by atoms with van der Waals surface area (Å²) in [5.41, 5.74) is 0.402. The molecule has 2 N–H and O–H groups in total. The number of rotatable bonds is 3. The maximum Gasteiger partial charge on any atom is 0.339 e. The van der Waals surface area contributed by atoms with Crippen LogP contribution in [0.15, 0.2) is 30.3 Å². The minimum absolute atomic E-state index is 0.402. The van der Waals surface area contributed by atoms with E-state index in [4.69, 9.17) is 5.11 Å². The minimum Gasteiger partial charge on any atom is -0.479 e. The summed E-state index contributed by atoms with van der Waals surface area (Å²) in [6, 6.07) is 8.37. The van der Waals surface area contributed by atoms with Gasteiger partial charge in [0.15, 0.2) is 4.87 Å². The Balaban J connectivity index is 2.77. The van der Waals surface area contributed by atoms with Gasteiger partial charge in [-0.25, -0.2) is 4.79 Å². The topological polar surface area (TPSA) is 66.4 Å². The quantitative estimate of drug-likeness (QED) is 0.534. The summed E-state index contributed by atoms with van der Waals surface area (Å²) in [5.74, 6) is -1.66. The maximum atomic E-state index is 11.5. The zero-order valence-electron chi connectivity index (χ0n) is 8.10. The number of hydrogen-bond donors (Lipinski definition) is 3. The second-order valence-electron chi connectivity index (χ2n) is 3.20. The van der Waals surface area contributed by atoms with Gasteiger partial charge >= 0.3 is 5.97 Å². The summed E-state index contributed by atoms with van der Waals surface area (Å²) in [6.45, 7) is 1.30. The molecule has 0 bridgehead atoms. The monoisotopic (exact) mass is 225 g/mol. The van der Waals surface area contributed by atoms with Gasteiger partial charge in [-0.1, -0.05) is 18.2 Å². The Morgan fingerprint density at radius 1 is 1.33 bits per heavy atom. The van der Waals surface area contributed by atoms with Gasteiger partial charge < -0.3 is 10.4 Å². The highest BCUT2D eigenvalue weighted by Crippen LogP contribution is 2.10. The third kappa shape index (κ3) is 2.99. The largest absolute Gasteiger partial charge is 0.479 e. The number of carbonyl (C=O) groups excluding carboxylic acids is 1. The van der Waals surface area contributed by atoms with Crippen LogP contribution < -0.4 is 5.32 Å². The molecule has 0 heterocycles. The van der Waals surface area contributed by atoms with Crippen LogP contribution in [-0.4, -0.2) is 21.9 Å². The zero-order valence-corrected chi connectivity index (χ0v) is 8.99. The predicted octanol–water partition coefficient (Wildman–Crippen LogP) is 1.15. The predicted molar refractivity (Wildman–Crippen MR) is 58.9 cm³/mol. The van der Waals surface area contributed by atoms with E-state index in [0.717, 1.165) is 0 Å². The fourth-order valence-corrected chi connectivity index (χ4v) is 1.04. The molecular weight excluding hydrogens is 214 g/mol. The molecule has 1 amide bonds. The summed E-state index contributed by atoms with van der Waals surface area (Å²) >= 11 is 3.84. The van der Waals surface area contributed by atoms with Crippen LogP contribution in [0.1, 0.15) is 17.3 Å². The minimum atomic E-state index is -1.56. The Morgan fingerprint density at radius 2 is 1.87 bits per heavy atom. The summed E-state index contributed by atoms with van der Waals surface area (Å²) in [7, 11) is 0. The van der Waals surface area contributed by atoms with E-state index in [1.165, 1.54) is 6.92 Å². The molecule has 0 fully saturated rings. The first-order valence-electron chi connectivity index (χ1n) is 4.27. The van der Waals surface area contributed by atoms with E-state index in [2.05, 4.69) is 17.9 Å². The number of carboxylic acid groups (broad SMARTS) is 1. The van der Waals surface area contributed by atoms with Gasteiger partial charge in [0, 0.05) is 5.56 Å². The molecule has 0 radical (unpaired) electrons. The van der Waals surface area contributed by atoms with Crippen LogP contribution in [-0.2, 0) is 4.79 Å². The standard InChI is InChI=1S/C10H11NO3S/c1-10(15,9(13)14)11-8(12)7-5-3-2-4-6-7/h2-6,15H,1H3,(H,11,12)(H,13,14)/t10-/m1/s1. The van der Waals surface area contributed by atoms with Crippen molar-refractivity contribution in [3.8, 4) is 0 Å². The number of hydrogen-bond acceptors (Lipinski definition) is 3. The van der Waals surface area contributed by atoms with Crippen LogP contribution in [0.25, 0.3) is 0 Å². The number of carboxylic acids is 1. The van der Waals surface area contributed by atoms with Gasteiger partial charge in [-0.2, -0.15) is 0 Å². The van der Waals surface area contributed by atoms with Crippen molar-refractivity contribution in [2.24, 2.45) is 0 Å². The second kappa shape index (κ2) is 4.35. The van der Waals surface area contributed by atoms with Crippen LogP contribution in [0, 0.1) is 0 Å². The summed E-state index contributed by atoms with van der Waals surface area (Å²) < 4.78 is 0. The number of thiol groups is 1. The van der Waals surface area contributed by atoms with Crippen molar-refractivity contribution in [1.29, 1.82) is 0 Å². The Bertz CT molecular complexity index is 376. The van der Waals surface area contributed by atoms with Crippen LogP contribution in [0.3, 0.4) is 0 Å². The highest BCUT2D eigenvalue weighted by molar-refractivity contribution is 7.82. The maximum absolute atomic E-state index is 11.5. The molecular formula is C10H11NO3S. The molecule has 1 rings (SSSR count). The average molecular weight is 225 g/mol.